The Balaban J connectivity index is 2.00. The first-order valence-electron chi connectivity index (χ1n) is 6.10. The highest BCUT2D eigenvalue weighted by Crippen LogP contribution is 2.21. The molecule has 1 saturated carbocycles. The molecule has 0 radical (unpaired) electrons. The number of carbonyl (C=O) groups is 1. The van der Waals surface area contributed by atoms with Crippen LogP contribution in [0.5, 0.6) is 0 Å². The van der Waals surface area contributed by atoms with E-state index < -0.39 is 0 Å². The summed E-state index contributed by atoms with van der Waals surface area (Å²) in [5.41, 5.74) is 6.56. The van der Waals surface area contributed by atoms with Gasteiger partial charge in [0.25, 0.3) is 5.91 Å². The van der Waals surface area contributed by atoms with Crippen LogP contribution in [0.2, 0.25) is 5.02 Å². The van der Waals surface area contributed by atoms with Crippen molar-refractivity contribution in [1.82, 2.24) is 5.32 Å². The molecule has 2 atom stereocenters. The van der Waals surface area contributed by atoms with Crippen LogP contribution >= 0.6 is 11.6 Å². The zero-order valence-electron chi connectivity index (χ0n) is 10.0. The Morgan fingerprint density at radius 3 is 2.89 bits per heavy atom. The van der Waals surface area contributed by atoms with Gasteiger partial charge in [0.15, 0.2) is 0 Å². The van der Waals surface area contributed by atoms with Crippen molar-refractivity contribution in [1.29, 1.82) is 0 Å². The van der Waals surface area contributed by atoms with E-state index in [1.54, 1.807) is 18.2 Å². The zero-order chi connectivity index (χ0) is 13.1. The molecule has 1 aliphatic rings. The van der Waals surface area contributed by atoms with Gasteiger partial charge in [-0.05, 0) is 43.9 Å². The monoisotopic (exact) mass is 268 g/mol. The molecule has 1 aromatic carbocycles. The van der Waals surface area contributed by atoms with Gasteiger partial charge in [-0.3, -0.25) is 4.79 Å². The second-order valence-corrected chi connectivity index (χ2v) is 5.13. The lowest BCUT2D eigenvalue weighted by atomic mass is 9.93. The van der Waals surface area contributed by atoms with E-state index in [9.17, 15) is 9.90 Å². The molecule has 5 heteroatoms. The molecule has 2 rings (SSSR count). The van der Waals surface area contributed by atoms with E-state index in [1.165, 1.54) is 0 Å². The van der Waals surface area contributed by atoms with Crippen molar-refractivity contribution in [3.05, 3.63) is 28.8 Å². The average Bonchev–Trinajstić information content (AvgIpc) is 2.32. The maximum Gasteiger partial charge on any atom is 0.251 e. The van der Waals surface area contributed by atoms with E-state index in [-0.39, 0.29) is 18.1 Å². The molecule has 18 heavy (non-hydrogen) atoms. The largest absolute Gasteiger partial charge is 0.398 e. The van der Waals surface area contributed by atoms with Crippen LogP contribution < -0.4 is 11.1 Å². The normalized spacial score (nSPS) is 23.7. The van der Waals surface area contributed by atoms with Crippen molar-refractivity contribution in [2.24, 2.45) is 0 Å². The van der Waals surface area contributed by atoms with Gasteiger partial charge in [0, 0.05) is 11.6 Å². The second-order valence-electron chi connectivity index (χ2n) is 4.73. The summed E-state index contributed by atoms with van der Waals surface area (Å²) in [7, 11) is 0. The first-order valence-corrected chi connectivity index (χ1v) is 6.48. The third-order valence-electron chi connectivity index (χ3n) is 3.24. The number of hydrogen-bond donors (Lipinski definition) is 3. The maximum absolute atomic E-state index is 12.0. The smallest absolute Gasteiger partial charge is 0.251 e. The zero-order valence-corrected chi connectivity index (χ0v) is 10.8. The van der Waals surface area contributed by atoms with E-state index in [0.717, 1.165) is 19.3 Å². The van der Waals surface area contributed by atoms with Gasteiger partial charge in [0.2, 0.25) is 0 Å². The molecule has 0 bridgehead atoms. The highest BCUT2D eigenvalue weighted by Gasteiger charge is 2.22. The molecular formula is C13H17ClN2O2. The molecule has 1 amide bonds. The summed E-state index contributed by atoms with van der Waals surface area (Å²) < 4.78 is 0. The van der Waals surface area contributed by atoms with Crippen molar-refractivity contribution >= 4 is 23.2 Å². The molecule has 0 spiro atoms. The Morgan fingerprint density at radius 1 is 1.44 bits per heavy atom. The van der Waals surface area contributed by atoms with E-state index in [2.05, 4.69) is 5.32 Å². The first kappa shape index (κ1) is 13.2. The molecule has 0 heterocycles. The van der Waals surface area contributed by atoms with Gasteiger partial charge in [-0.2, -0.15) is 0 Å². The summed E-state index contributed by atoms with van der Waals surface area (Å²) in [6, 6.07) is 4.87. The summed E-state index contributed by atoms with van der Waals surface area (Å²) in [5, 5.41) is 12.9. The predicted octanol–water partition coefficient (Wildman–Crippen LogP) is 1.96. The summed E-state index contributed by atoms with van der Waals surface area (Å²) >= 11 is 5.81. The number of anilines is 1. The molecule has 98 valence electrons. The number of rotatable bonds is 2. The second kappa shape index (κ2) is 5.59. The topological polar surface area (TPSA) is 75.4 Å². The molecule has 4 N–H and O–H groups in total. The fourth-order valence-electron chi connectivity index (χ4n) is 2.25. The van der Waals surface area contributed by atoms with Crippen molar-refractivity contribution in [2.75, 3.05) is 5.73 Å². The number of nitrogen functional groups attached to an aromatic ring is 1. The minimum Gasteiger partial charge on any atom is -0.398 e. The maximum atomic E-state index is 12.0. The van der Waals surface area contributed by atoms with Crippen LogP contribution in [0.4, 0.5) is 5.69 Å². The van der Waals surface area contributed by atoms with E-state index in [4.69, 9.17) is 17.3 Å². The van der Waals surface area contributed by atoms with Gasteiger partial charge >= 0.3 is 0 Å². The molecule has 4 nitrogen and oxygen atoms in total. The average molecular weight is 269 g/mol. The van der Waals surface area contributed by atoms with Crippen LogP contribution in [0.1, 0.15) is 36.0 Å². The van der Waals surface area contributed by atoms with Crippen molar-refractivity contribution < 1.29 is 9.90 Å². The molecular weight excluding hydrogens is 252 g/mol. The lowest BCUT2D eigenvalue weighted by Gasteiger charge is -2.26. The van der Waals surface area contributed by atoms with Crippen molar-refractivity contribution in [2.45, 2.75) is 37.8 Å². The van der Waals surface area contributed by atoms with Crippen LogP contribution in [0.3, 0.4) is 0 Å². The van der Waals surface area contributed by atoms with E-state index >= 15 is 0 Å². The summed E-state index contributed by atoms with van der Waals surface area (Å²) in [4.78, 5) is 12.0. The number of nitrogens with one attached hydrogen (secondary N) is 1. The summed E-state index contributed by atoms with van der Waals surface area (Å²) in [6.07, 6.45) is 2.98. The number of amides is 1. The van der Waals surface area contributed by atoms with Gasteiger partial charge in [-0.1, -0.05) is 11.6 Å². The molecule has 2 unspecified atom stereocenters. The van der Waals surface area contributed by atoms with Gasteiger partial charge in [-0.25, -0.2) is 0 Å². The molecule has 0 saturated heterocycles. The number of aliphatic hydroxyl groups excluding tert-OH is 1. The molecule has 0 aromatic heterocycles. The van der Waals surface area contributed by atoms with Crippen LogP contribution in [0, 0.1) is 0 Å². The third-order valence-corrected chi connectivity index (χ3v) is 3.58. The fraction of sp³-hybridized carbons (Fsp3) is 0.462. The molecule has 1 aliphatic carbocycles. The van der Waals surface area contributed by atoms with Gasteiger partial charge in [-0.15, -0.1) is 0 Å². The van der Waals surface area contributed by atoms with Crippen LogP contribution in [-0.2, 0) is 0 Å². The Labute approximate surface area is 111 Å². The summed E-state index contributed by atoms with van der Waals surface area (Å²) in [5.74, 6) is -0.169. The number of halogens is 1. The predicted molar refractivity (Wildman–Crippen MR) is 71.6 cm³/mol. The minimum absolute atomic E-state index is 0.0400. The lowest BCUT2D eigenvalue weighted by molar-refractivity contribution is 0.0850. The number of benzene rings is 1. The van der Waals surface area contributed by atoms with Crippen LogP contribution in [0.15, 0.2) is 18.2 Å². The number of nitrogens with two attached hydrogens (primary N) is 1. The number of hydrogen-bond acceptors (Lipinski definition) is 3. The molecule has 0 aliphatic heterocycles. The van der Waals surface area contributed by atoms with E-state index in [1.807, 2.05) is 0 Å². The Hall–Kier alpha value is -1.26. The van der Waals surface area contributed by atoms with Crippen molar-refractivity contribution in [3.8, 4) is 0 Å². The van der Waals surface area contributed by atoms with Gasteiger partial charge in [0.05, 0.1) is 16.8 Å². The summed E-state index contributed by atoms with van der Waals surface area (Å²) in [6.45, 7) is 0. The highest BCUT2D eigenvalue weighted by molar-refractivity contribution is 6.33. The highest BCUT2D eigenvalue weighted by atomic mass is 35.5. The van der Waals surface area contributed by atoms with Crippen LogP contribution in [0.25, 0.3) is 0 Å². The molecule has 1 fully saturated rings. The third kappa shape index (κ3) is 3.15. The lowest BCUT2D eigenvalue weighted by Crippen LogP contribution is -2.39. The molecule has 1 aromatic rings. The number of carbonyl (C=O) groups excluding carboxylic acids is 1. The Bertz CT molecular complexity index is 451. The quantitative estimate of drug-likeness (QED) is 0.718. The Kier molecular flexibility index (Phi) is 4.09. The Morgan fingerprint density at radius 2 is 2.22 bits per heavy atom. The fourth-order valence-corrected chi connectivity index (χ4v) is 2.37. The number of aliphatic hydroxyl groups is 1. The van der Waals surface area contributed by atoms with Gasteiger partial charge in [0.1, 0.15) is 0 Å². The standard InChI is InChI=1S/C13H17ClN2O2/c14-11-5-4-8(6-12(11)15)13(18)16-9-2-1-3-10(17)7-9/h4-6,9-10,17H,1-3,7,15H2,(H,16,18). The first-order chi connectivity index (χ1) is 8.56. The van der Waals surface area contributed by atoms with Crippen LogP contribution in [-0.4, -0.2) is 23.2 Å². The van der Waals surface area contributed by atoms with Gasteiger partial charge < -0.3 is 16.2 Å². The van der Waals surface area contributed by atoms with Crippen molar-refractivity contribution in [3.63, 3.8) is 0 Å². The van der Waals surface area contributed by atoms with E-state index in [0.29, 0.717) is 22.7 Å². The SMILES string of the molecule is Nc1cc(C(=O)NC2CCCC(O)C2)ccc1Cl. The minimum atomic E-state index is -0.306.